The summed E-state index contributed by atoms with van der Waals surface area (Å²) in [6.07, 6.45) is -0.0702. The van der Waals surface area contributed by atoms with Crippen molar-refractivity contribution in [3.63, 3.8) is 0 Å². The van der Waals surface area contributed by atoms with Gasteiger partial charge in [0.25, 0.3) is 0 Å². The highest BCUT2D eigenvalue weighted by Crippen LogP contribution is 2.26. The van der Waals surface area contributed by atoms with E-state index >= 15 is 0 Å². The first-order chi connectivity index (χ1) is 16.5. The molecule has 0 saturated heterocycles. The molecule has 0 aliphatic rings. The number of nitrogens with one attached hydrogen (secondary N) is 1. The van der Waals surface area contributed by atoms with Gasteiger partial charge in [-0.2, -0.15) is 0 Å². The minimum atomic E-state index is -0.910. The summed E-state index contributed by atoms with van der Waals surface area (Å²) in [5.41, 5.74) is 0.682. The molecule has 0 bridgehead atoms. The van der Waals surface area contributed by atoms with E-state index in [0.717, 1.165) is 16.3 Å². The van der Waals surface area contributed by atoms with Gasteiger partial charge in [0.05, 0.1) is 5.39 Å². The minimum absolute atomic E-state index is 0.0899. The maximum atomic E-state index is 13.0. The average molecular weight is 459 g/mol. The Hall–Kier alpha value is -4.13. The molecule has 4 aromatic rings. The summed E-state index contributed by atoms with van der Waals surface area (Å²) in [5.74, 6) is -0.615. The zero-order valence-electron chi connectivity index (χ0n) is 18.9. The number of carbonyl (C=O) groups excluding carboxylic acids is 2. The third-order valence-electron chi connectivity index (χ3n) is 5.76. The molecule has 0 fully saturated rings. The van der Waals surface area contributed by atoms with Gasteiger partial charge in [-0.3, -0.25) is 0 Å². The number of fused-ring (bicyclic) bond motifs is 3. The molecule has 1 amide bonds. The molecular formula is C27H25NO6. The number of amides is 1. The van der Waals surface area contributed by atoms with E-state index in [1.807, 2.05) is 56.3 Å². The van der Waals surface area contributed by atoms with Gasteiger partial charge < -0.3 is 19.2 Å². The molecular weight excluding hydrogens is 434 g/mol. The van der Waals surface area contributed by atoms with Crippen LogP contribution in [0.25, 0.3) is 21.7 Å². The number of benzene rings is 3. The molecule has 174 valence electrons. The molecule has 0 radical (unpaired) electrons. The fourth-order valence-corrected chi connectivity index (χ4v) is 3.66. The summed E-state index contributed by atoms with van der Waals surface area (Å²) in [5, 5.41) is 4.59. The van der Waals surface area contributed by atoms with Crippen molar-refractivity contribution in [2.75, 3.05) is 0 Å². The van der Waals surface area contributed by atoms with Crippen LogP contribution in [-0.2, 0) is 16.1 Å². The number of carbonyl (C=O) groups is 2. The van der Waals surface area contributed by atoms with Gasteiger partial charge in [0.1, 0.15) is 24.0 Å². The van der Waals surface area contributed by atoms with Crippen molar-refractivity contribution < 1.29 is 23.5 Å². The van der Waals surface area contributed by atoms with Crippen LogP contribution in [0.15, 0.2) is 82.0 Å². The molecule has 3 aromatic carbocycles. The Bertz CT molecular complexity index is 1380. The van der Waals surface area contributed by atoms with Gasteiger partial charge in [-0.25, -0.2) is 14.4 Å². The fraction of sp³-hybridized carbons (Fsp3) is 0.222. The summed E-state index contributed by atoms with van der Waals surface area (Å²) in [6.45, 7) is 3.85. The largest absolute Gasteiger partial charge is 0.445 e. The SMILES string of the molecule is CC[C@@H](C)[C@@H](NC(=O)OCc1ccccc1)C(=O)Oc1ccc2c(c1)oc(=O)c1ccccc12. The lowest BCUT2D eigenvalue weighted by molar-refractivity contribution is -0.138. The number of alkyl carbamates (subject to hydrolysis) is 1. The van der Waals surface area contributed by atoms with Crippen molar-refractivity contribution >= 4 is 33.8 Å². The Balaban J connectivity index is 1.50. The zero-order chi connectivity index (χ0) is 24.1. The third-order valence-corrected chi connectivity index (χ3v) is 5.76. The summed E-state index contributed by atoms with van der Waals surface area (Å²) in [7, 11) is 0. The van der Waals surface area contributed by atoms with E-state index < -0.39 is 23.7 Å². The first-order valence-electron chi connectivity index (χ1n) is 11.1. The third kappa shape index (κ3) is 5.09. The highest BCUT2D eigenvalue weighted by molar-refractivity contribution is 6.04. The first kappa shape index (κ1) is 23.0. The standard InChI is InChI=1S/C27H25NO6/c1-3-17(2)24(28-27(31)32-16-18-9-5-4-6-10-18)26(30)33-19-13-14-21-20-11-7-8-12-22(20)25(29)34-23(21)15-19/h4-15,17,24H,3,16H2,1-2H3,(H,28,31)/t17-,24-/m1/s1. The van der Waals surface area contributed by atoms with E-state index in [1.165, 1.54) is 6.07 Å². The molecule has 0 saturated carbocycles. The van der Waals surface area contributed by atoms with E-state index in [0.29, 0.717) is 17.4 Å². The van der Waals surface area contributed by atoms with Gasteiger partial charge in [-0.15, -0.1) is 0 Å². The Labute approximate surface area is 196 Å². The van der Waals surface area contributed by atoms with Crippen molar-refractivity contribution in [3.05, 3.63) is 88.8 Å². The van der Waals surface area contributed by atoms with Crippen LogP contribution in [-0.4, -0.2) is 18.1 Å². The maximum absolute atomic E-state index is 13.0. The number of rotatable bonds is 7. The second-order valence-electron chi connectivity index (χ2n) is 8.08. The van der Waals surface area contributed by atoms with E-state index in [9.17, 15) is 14.4 Å². The molecule has 2 atom stereocenters. The predicted molar refractivity (Wildman–Crippen MR) is 129 cm³/mol. The van der Waals surface area contributed by atoms with Crippen LogP contribution in [0.3, 0.4) is 0 Å². The average Bonchev–Trinajstić information content (AvgIpc) is 2.86. The van der Waals surface area contributed by atoms with Crippen LogP contribution in [0.1, 0.15) is 25.8 Å². The smallest absolute Gasteiger partial charge is 0.408 e. The van der Waals surface area contributed by atoms with Crippen LogP contribution in [0.2, 0.25) is 0 Å². The lowest BCUT2D eigenvalue weighted by Gasteiger charge is -2.22. The van der Waals surface area contributed by atoms with E-state index in [-0.39, 0.29) is 18.3 Å². The zero-order valence-corrected chi connectivity index (χ0v) is 18.9. The fourth-order valence-electron chi connectivity index (χ4n) is 3.66. The first-order valence-corrected chi connectivity index (χ1v) is 11.1. The summed E-state index contributed by atoms with van der Waals surface area (Å²) < 4.78 is 16.2. The van der Waals surface area contributed by atoms with Crippen LogP contribution in [0, 0.1) is 5.92 Å². The Morgan fingerprint density at radius 2 is 1.65 bits per heavy atom. The van der Waals surface area contributed by atoms with Crippen molar-refractivity contribution in [1.82, 2.24) is 5.32 Å². The number of ether oxygens (including phenoxy) is 2. The van der Waals surface area contributed by atoms with Crippen molar-refractivity contribution in [2.45, 2.75) is 32.9 Å². The van der Waals surface area contributed by atoms with E-state index in [1.54, 1.807) is 24.3 Å². The van der Waals surface area contributed by atoms with Crippen molar-refractivity contribution in [3.8, 4) is 5.75 Å². The number of esters is 1. The molecule has 0 spiro atoms. The van der Waals surface area contributed by atoms with E-state index in [4.69, 9.17) is 13.9 Å². The van der Waals surface area contributed by atoms with Gasteiger partial charge in [0.15, 0.2) is 0 Å². The lowest BCUT2D eigenvalue weighted by Crippen LogP contribution is -2.47. The number of hydrogen-bond donors (Lipinski definition) is 1. The lowest BCUT2D eigenvalue weighted by atomic mass is 9.99. The highest BCUT2D eigenvalue weighted by atomic mass is 16.6. The van der Waals surface area contributed by atoms with E-state index in [2.05, 4.69) is 5.32 Å². The van der Waals surface area contributed by atoms with Crippen LogP contribution >= 0.6 is 0 Å². The Morgan fingerprint density at radius 1 is 0.941 bits per heavy atom. The normalized spacial score (nSPS) is 12.8. The second-order valence-corrected chi connectivity index (χ2v) is 8.08. The van der Waals surface area contributed by atoms with Gasteiger partial charge in [-0.05, 0) is 35.1 Å². The molecule has 0 aliphatic carbocycles. The highest BCUT2D eigenvalue weighted by Gasteiger charge is 2.28. The molecule has 0 unspecified atom stereocenters. The summed E-state index contributed by atoms with van der Waals surface area (Å²) in [4.78, 5) is 37.6. The van der Waals surface area contributed by atoms with Gasteiger partial charge in [0, 0.05) is 11.5 Å². The molecule has 1 N–H and O–H groups in total. The summed E-state index contributed by atoms with van der Waals surface area (Å²) >= 11 is 0. The quantitative estimate of drug-likeness (QED) is 0.177. The predicted octanol–water partition coefficient (Wildman–Crippen LogP) is 5.19. The van der Waals surface area contributed by atoms with Crippen molar-refractivity contribution in [2.24, 2.45) is 5.92 Å². The van der Waals surface area contributed by atoms with Crippen LogP contribution in [0.5, 0.6) is 5.75 Å². The summed E-state index contributed by atoms with van der Waals surface area (Å²) in [6, 6.07) is 20.4. The monoisotopic (exact) mass is 459 g/mol. The molecule has 7 heteroatoms. The Morgan fingerprint density at radius 3 is 2.38 bits per heavy atom. The van der Waals surface area contributed by atoms with Crippen LogP contribution < -0.4 is 15.7 Å². The molecule has 4 rings (SSSR count). The van der Waals surface area contributed by atoms with Gasteiger partial charge >= 0.3 is 17.7 Å². The molecule has 7 nitrogen and oxygen atoms in total. The molecule has 1 heterocycles. The molecule has 1 aromatic heterocycles. The minimum Gasteiger partial charge on any atom is -0.445 e. The van der Waals surface area contributed by atoms with Gasteiger partial charge in [0.2, 0.25) is 0 Å². The number of hydrogen-bond acceptors (Lipinski definition) is 6. The topological polar surface area (TPSA) is 94.8 Å². The molecule has 0 aliphatic heterocycles. The Kier molecular flexibility index (Phi) is 6.92. The van der Waals surface area contributed by atoms with Gasteiger partial charge in [-0.1, -0.05) is 68.8 Å². The van der Waals surface area contributed by atoms with Crippen molar-refractivity contribution in [1.29, 1.82) is 0 Å². The van der Waals surface area contributed by atoms with Crippen LogP contribution in [0.4, 0.5) is 4.79 Å². The maximum Gasteiger partial charge on any atom is 0.408 e. The second kappa shape index (κ2) is 10.2. The molecule has 34 heavy (non-hydrogen) atoms.